The average Bonchev–Trinajstić information content (AvgIpc) is 2.96. The summed E-state index contributed by atoms with van der Waals surface area (Å²) in [6.45, 7) is 5.59. The van der Waals surface area contributed by atoms with Gasteiger partial charge in [-0.2, -0.15) is 7.05 Å². The summed E-state index contributed by atoms with van der Waals surface area (Å²) >= 11 is 0. The lowest BCUT2D eigenvalue weighted by Gasteiger charge is -2.14. The Labute approximate surface area is 116 Å². The SMILES string of the molecule is [CH2-][NH2+]CCc1ccc(OCCCN2CCCC2)cc1. The minimum absolute atomic E-state index is 0.822. The van der Waals surface area contributed by atoms with Crippen molar-refractivity contribution >= 4 is 0 Å². The molecule has 0 spiro atoms. The van der Waals surface area contributed by atoms with E-state index in [1.165, 1.54) is 38.0 Å². The van der Waals surface area contributed by atoms with E-state index in [0.29, 0.717) is 0 Å². The molecule has 3 heteroatoms. The predicted molar refractivity (Wildman–Crippen MR) is 78.1 cm³/mol. The predicted octanol–water partition coefficient (Wildman–Crippen LogP) is 1.45. The van der Waals surface area contributed by atoms with E-state index in [-0.39, 0.29) is 0 Å². The lowest BCUT2D eigenvalue weighted by atomic mass is 10.1. The molecule has 0 atom stereocenters. The van der Waals surface area contributed by atoms with E-state index in [4.69, 9.17) is 4.74 Å². The highest BCUT2D eigenvalue weighted by Crippen LogP contribution is 2.13. The molecule has 0 unspecified atom stereocenters. The fourth-order valence-corrected chi connectivity index (χ4v) is 2.51. The van der Waals surface area contributed by atoms with Gasteiger partial charge in [0.2, 0.25) is 0 Å². The van der Waals surface area contributed by atoms with Crippen molar-refractivity contribution in [3.05, 3.63) is 36.9 Å². The Morgan fingerprint density at radius 1 is 1.16 bits per heavy atom. The summed E-state index contributed by atoms with van der Waals surface area (Å²) in [5.74, 6) is 0.990. The molecule has 106 valence electrons. The number of quaternary nitrogens is 1. The maximum absolute atomic E-state index is 5.78. The van der Waals surface area contributed by atoms with Crippen molar-refractivity contribution in [2.75, 3.05) is 32.8 Å². The van der Waals surface area contributed by atoms with E-state index >= 15 is 0 Å². The lowest BCUT2D eigenvalue weighted by molar-refractivity contribution is -0.594. The zero-order chi connectivity index (χ0) is 13.3. The molecule has 1 heterocycles. The number of nitrogens with zero attached hydrogens (tertiary/aromatic N) is 1. The second kappa shape index (κ2) is 8.18. The number of likely N-dealkylation sites (tertiary alicyclic amines) is 1. The zero-order valence-corrected chi connectivity index (χ0v) is 11.8. The van der Waals surface area contributed by atoms with Gasteiger partial charge in [0.1, 0.15) is 5.75 Å². The fraction of sp³-hybridized carbons (Fsp3) is 0.562. The van der Waals surface area contributed by atoms with Crippen LogP contribution in [0.1, 0.15) is 24.8 Å². The molecular weight excluding hydrogens is 236 g/mol. The van der Waals surface area contributed by atoms with E-state index in [9.17, 15) is 0 Å². The van der Waals surface area contributed by atoms with Gasteiger partial charge in [0.25, 0.3) is 0 Å². The number of hydrogen-bond donors (Lipinski definition) is 1. The molecule has 19 heavy (non-hydrogen) atoms. The molecule has 2 rings (SSSR count). The summed E-state index contributed by atoms with van der Waals surface area (Å²) in [4.78, 5) is 2.53. The minimum atomic E-state index is 0.822. The van der Waals surface area contributed by atoms with Crippen LogP contribution in [0.4, 0.5) is 0 Å². The molecule has 0 amide bonds. The lowest BCUT2D eigenvalue weighted by Crippen LogP contribution is -2.77. The zero-order valence-electron chi connectivity index (χ0n) is 11.8. The van der Waals surface area contributed by atoms with Crippen LogP contribution in [0.3, 0.4) is 0 Å². The Hall–Kier alpha value is -1.06. The summed E-state index contributed by atoms with van der Waals surface area (Å²) < 4.78 is 5.78. The molecule has 0 radical (unpaired) electrons. The van der Waals surface area contributed by atoms with Crippen molar-refractivity contribution in [3.8, 4) is 5.75 Å². The molecular formula is C16H26N2O. The van der Waals surface area contributed by atoms with Gasteiger partial charge in [-0.05, 0) is 50.0 Å². The molecule has 1 fully saturated rings. The van der Waals surface area contributed by atoms with Crippen LogP contribution in [0.25, 0.3) is 0 Å². The van der Waals surface area contributed by atoms with Crippen molar-refractivity contribution < 1.29 is 10.1 Å². The molecule has 2 N–H and O–H groups in total. The number of hydrogen-bond acceptors (Lipinski definition) is 2. The summed E-state index contributed by atoms with van der Waals surface area (Å²) in [5, 5.41) is 1.96. The van der Waals surface area contributed by atoms with Gasteiger partial charge in [-0.25, -0.2) is 0 Å². The molecule has 1 aromatic carbocycles. The highest BCUT2D eigenvalue weighted by atomic mass is 16.5. The summed E-state index contributed by atoms with van der Waals surface area (Å²) in [6, 6.07) is 8.46. The van der Waals surface area contributed by atoms with Crippen LogP contribution in [0.5, 0.6) is 5.75 Å². The van der Waals surface area contributed by atoms with E-state index in [0.717, 1.165) is 31.7 Å². The van der Waals surface area contributed by atoms with Gasteiger partial charge in [-0.3, -0.25) is 0 Å². The Bertz CT molecular complexity index is 344. The van der Waals surface area contributed by atoms with Gasteiger partial charge in [0.05, 0.1) is 13.2 Å². The number of rotatable bonds is 8. The van der Waals surface area contributed by atoms with Crippen LogP contribution in [0.2, 0.25) is 0 Å². The summed E-state index contributed by atoms with van der Waals surface area (Å²) in [7, 11) is 3.75. The van der Waals surface area contributed by atoms with Crippen molar-refractivity contribution in [2.24, 2.45) is 0 Å². The first-order chi connectivity index (χ1) is 9.38. The summed E-state index contributed by atoms with van der Waals surface area (Å²) in [6.07, 6.45) is 4.93. The van der Waals surface area contributed by atoms with Crippen molar-refractivity contribution in [1.29, 1.82) is 0 Å². The third kappa shape index (κ3) is 5.21. The second-order valence-electron chi connectivity index (χ2n) is 5.22. The van der Waals surface area contributed by atoms with Gasteiger partial charge in [-0.15, -0.1) is 0 Å². The molecule has 0 bridgehead atoms. The van der Waals surface area contributed by atoms with Crippen LogP contribution >= 0.6 is 0 Å². The third-order valence-corrected chi connectivity index (χ3v) is 3.65. The maximum atomic E-state index is 5.78. The third-order valence-electron chi connectivity index (χ3n) is 3.65. The van der Waals surface area contributed by atoms with Gasteiger partial charge < -0.3 is 15.0 Å². The summed E-state index contributed by atoms with van der Waals surface area (Å²) in [5.41, 5.74) is 1.35. The highest BCUT2D eigenvalue weighted by Gasteiger charge is 2.10. The molecule has 1 saturated heterocycles. The molecule has 1 aliphatic heterocycles. The molecule has 3 nitrogen and oxygen atoms in total. The van der Waals surface area contributed by atoms with Gasteiger partial charge >= 0.3 is 0 Å². The Morgan fingerprint density at radius 3 is 2.58 bits per heavy atom. The van der Waals surface area contributed by atoms with E-state index in [1.807, 2.05) is 5.32 Å². The molecule has 0 saturated carbocycles. The molecule has 0 aliphatic carbocycles. The topological polar surface area (TPSA) is 29.1 Å². The number of nitrogens with two attached hydrogens (primary N) is 1. The van der Waals surface area contributed by atoms with Crippen LogP contribution in [-0.4, -0.2) is 37.7 Å². The molecule has 1 aromatic rings. The van der Waals surface area contributed by atoms with Crippen molar-refractivity contribution in [3.63, 3.8) is 0 Å². The average molecular weight is 262 g/mol. The first-order valence-electron chi connectivity index (χ1n) is 7.43. The number of ether oxygens (including phenoxy) is 1. The Kier molecular flexibility index (Phi) is 6.18. The van der Waals surface area contributed by atoms with Crippen LogP contribution in [-0.2, 0) is 6.42 Å². The van der Waals surface area contributed by atoms with Crippen molar-refractivity contribution in [1.82, 2.24) is 4.90 Å². The molecule has 0 aromatic heterocycles. The largest absolute Gasteiger partial charge is 0.494 e. The smallest absolute Gasteiger partial charge is 0.119 e. The van der Waals surface area contributed by atoms with Crippen molar-refractivity contribution in [2.45, 2.75) is 25.7 Å². The minimum Gasteiger partial charge on any atom is -0.494 e. The van der Waals surface area contributed by atoms with E-state index < -0.39 is 0 Å². The van der Waals surface area contributed by atoms with E-state index in [2.05, 4.69) is 36.2 Å². The Morgan fingerprint density at radius 2 is 1.89 bits per heavy atom. The van der Waals surface area contributed by atoms with Crippen LogP contribution in [0.15, 0.2) is 24.3 Å². The van der Waals surface area contributed by atoms with Crippen LogP contribution in [0, 0.1) is 7.05 Å². The Balaban J connectivity index is 1.62. The quantitative estimate of drug-likeness (QED) is 0.567. The second-order valence-corrected chi connectivity index (χ2v) is 5.22. The first kappa shape index (κ1) is 14.4. The normalized spacial score (nSPS) is 15.8. The highest BCUT2D eigenvalue weighted by molar-refractivity contribution is 5.27. The first-order valence-corrected chi connectivity index (χ1v) is 7.43. The fourth-order valence-electron chi connectivity index (χ4n) is 2.51. The standard InChI is InChI=1S/C16H26N2O/c1-17-10-9-15-5-7-16(8-6-15)19-14-4-13-18-11-2-3-12-18/h5-8H,1-4,9-14,17H2. The van der Waals surface area contributed by atoms with Gasteiger partial charge in [-0.1, -0.05) is 12.1 Å². The monoisotopic (exact) mass is 262 g/mol. The van der Waals surface area contributed by atoms with Crippen LogP contribution < -0.4 is 10.1 Å². The van der Waals surface area contributed by atoms with Gasteiger partial charge in [0.15, 0.2) is 0 Å². The molecule has 1 aliphatic rings. The maximum Gasteiger partial charge on any atom is 0.119 e. The van der Waals surface area contributed by atoms with Gasteiger partial charge in [0, 0.05) is 13.0 Å². The van der Waals surface area contributed by atoms with E-state index in [1.54, 1.807) is 0 Å². The number of benzene rings is 1.